The van der Waals surface area contributed by atoms with Crippen LogP contribution in [0.4, 0.5) is 0 Å². The molecule has 20 atom stereocenters. The van der Waals surface area contributed by atoms with E-state index in [1.165, 1.54) is 94.7 Å². The molecular formula is C20H19Cl. The lowest BCUT2D eigenvalue weighted by molar-refractivity contribution is 0.198. The van der Waals surface area contributed by atoms with E-state index in [1.54, 1.807) is 0 Å². The van der Waals surface area contributed by atoms with Crippen molar-refractivity contribution >= 4 is 11.6 Å². The highest BCUT2D eigenvalue weighted by molar-refractivity contribution is 6.25. The largest absolute Gasteiger partial charge is 0.118 e. The molecule has 106 valence electrons. The maximum Gasteiger partial charge on any atom is 0.0548 e. The molecule has 0 aliphatic heterocycles. The molecule has 12 saturated carbocycles. The summed E-state index contributed by atoms with van der Waals surface area (Å²) in [6.07, 6.45) is 0. The van der Waals surface area contributed by atoms with E-state index >= 15 is 0 Å². The van der Waals surface area contributed by atoms with E-state index in [-0.39, 0.29) is 0 Å². The van der Waals surface area contributed by atoms with Gasteiger partial charge in [-0.15, -0.1) is 11.6 Å². The topological polar surface area (TPSA) is 0 Å². The van der Waals surface area contributed by atoms with Crippen molar-refractivity contribution in [2.75, 3.05) is 0 Å². The molecule has 0 spiro atoms. The summed E-state index contributed by atoms with van der Waals surface area (Å²) < 4.78 is 0. The Morgan fingerprint density at radius 2 is 0.524 bits per heavy atom. The zero-order chi connectivity index (χ0) is 12.5. The van der Waals surface area contributed by atoms with Crippen molar-refractivity contribution in [1.82, 2.24) is 0 Å². The molecule has 0 aromatic carbocycles. The molecule has 0 N–H and O–H groups in total. The Morgan fingerprint density at radius 3 is 0.762 bits per heavy atom. The highest BCUT2D eigenvalue weighted by Gasteiger charge is 3.01. The van der Waals surface area contributed by atoms with Crippen molar-refractivity contribution in [2.24, 2.45) is 112 Å². The minimum atomic E-state index is 0.373. The van der Waals surface area contributed by atoms with Crippen molar-refractivity contribution < 1.29 is 0 Å². The van der Waals surface area contributed by atoms with Crippen LogP contribution in [0, 0.1) is 112 Å². The molecular weight excluding hydrogens is 276 g/mol. The fourth-order valence-corrected chi connectivity index (χ4v) is 16.2. The molecule has 12 rings (SSSR count). The average Bonchev–Trinajstić information content (AvgIpc) is 3.10. The lowest BCUT2D eigenvalue weighted by atomic mass is 9.77. The molecule has 12 aliphatic carbocycles. The van der Waals surface area contributed by atoms with E-state index < -0.39 is 0 Å². The molecule has 0 radical (unpaired) electrons. The smallest absolute Gasteiger partial charge is 0.0548 e. The zero-order valence-electron chi connectivity index (χ0n) is 11.8. The standard InChI is InChI=1S/C20H19Cl/c21-20-17-11-5-2-1-3-7(5)13(17)15-9(3)10-4(1)8-6(2)12(11)18(20)14(8)16(10)19(15)20/h1-19H/t1?,2?,3?,4?,5-,6-,7-,8+,9+,10+,11-,12+,13-,14+,15-,16-,17?,18?,19?,20?/m0/s1. The molecule has 1 heteroatoms. The molecule has 0 heterocycles. The highest BCUT2D eigenvalue weighted by Crippen LogP contribution is 3.03. The molecule has 0 amide bonds. The monoisotopic (exact) mass is 294 g/mol. The van der Waals surface area contributed by atoms with Gasteiger partial charge in [0.2, 0.25) is 0 Å². The van der Waals surface area contributed by atoms with E-state index in [4.69, 9.17) is 11.6 Å². The molecule has 0 nitrogen and oxygen atoms in total. The van der Waals surface area contributed by atoms with Crippen LogP contribution in [0.25, 0.3) is 0 Å². The van der Waals surface area contributed by atoms with Crippen LogP contribution in [0.1, 0.15) is 0 Å². The Labute approximate surface area is 129 Å². The second kappa shape index (κ2) is 1.88. The summed E-state index contributed by atoms with van der Waals surface area (Å²) in [4.78, 5) is 0.373. The first-order valence-electron chi connectivity index (χ1n) is 10.1. The van der Waals surface area contributed by atoms with E-state index in [0.29, 0.717) is 4.87 Å². The van der Waals surface area contributed by atoms with Crippen molar-refractivity contribution in [3.8, 4) is 0 Å². The lowest BCUT2D eigenvalue weighted by Gasteiger charge is -2.34. The predicted octanol–water partition coefficient (Wildman–Crippen LogP) is 2.82. The Morgan fingerprint density at radius 1 is 0.333 bits per heavy atom. The molecule has 8 unspecified atom stereocenters. The summed E-state index contributed by atoms with van der Waals surface area (Å²) in [6.45, 7) is 0. The fourth-order valence-electron chi connectivity index (χ4n) is 15.3. The number of hydrogen-bond donors (Lipinski definition) is 0. The second-order valence-corrected chi connectivity index (χ2v) is 12.3. The fraction of sp³-hybridized carbons (Fsp3) is 1.00. The summed E-state index contributed by atoms with van der Waals surface area (Å²) in [6, 6.07) is 0. The van der Waals surface area contributed by atoms with Crippen LogP contribution in [0.5, 0.6) is 0 Å². The first-order chi connectivity index (χ1) is 10.4. The SMILES string of the molecule is ClC12C3[C@@H]4[C@@H]5C6C7C8[C@@H]5[C@@H]3[C@H]3C1[C@H]1[C@@H](C7[C@@H]5[C@@H]6[C@@H]4C2[C@@H]51)[C@H]83. The summed E-state index contributed by atoms with van der Waals surface area (Å²) in [5, 5.41) is 0. The first-order valence-corrected chi connectivity index (χ1v) is 10.4. The van der Waals surface area contributed by atoms with Gasteiger partial charge in [0.15, 0.2) is 0 Å². The van der Waals surface area contributed by atoms with Gasteiger partial charge >= 0.3 is 0 Å². The van der Waals surface area contributed by atoms with Crippen LogP contribution in [-0.2, 0) is 0 Å². The molecule has 0 aromatic heterocycles. The van der Waals surface area contributed by atoms with Gasteiger partial charge < -0.3 is 0 Å². The Balaban J connectivity index is 1.49. The molecule has 0 saturated heterocycles. The van der Waals surface area contributed by atoms with Gasteiger partial charge in [-0.05, 0) is 112 Å². The van der Waals surface area contributed by atoms with Crippen molar-refractivity contribution in [1.29, 1.82) is 0 Å². The van der Waals surface area contributed by atoms with Crippen molar-refractivity contribution in [2.45, 2.75) is 4.87 Å². The number of halogens is 1. The second-order valence-electron chi connectivity index (χ2n) is 11.6. The third-order valence-electron chi connectivity index (χ3n) is 13.4. The van der Waals surface area contributed by atoms with E-state index in [0.717, 1.165) is 17.8 Å². The summed E-state index contributed by atoms with van der Waals surface area (Å²) in [5.41, 5.74) is 0. The summed E-state index contributed by atoms with van der Waals surface area (Å²) >= 11 is 7.75. The van der Waals surface area contributed by atoms with Gasteiger partial charge in [-0.1, -0.05) is 0 Å². The van der Waals surface area contributed by atoms with Crippen LogP contribution < -0.4 is 0 Å². The van der Waals surface area contributed by atoms with Crippen LogP contribution >= 0.6 is 11.6 Å². The van der Waals surface area contributed by atoms with Crippen LogP contribution in [-0.4, -0.2) is 4.87 Å². The van der Waals surface area contributed by atoms with Gasteiger partial charge in [0.25, 0.3) is 0 Å². The van der Waals surface area contributed by atoms with Crippen LogP contribution in [0.3, 0.4) is 0 Å². The summed E-state index contributed by atoms with van der Waals surface area (Å²) in [5.74, 6) is 22.6. The Kier molecular flexibility index (Phi) is 0.803. The van der Waals surface area contributed by atoms with Crippen molar-refractivity contribution in [3.63, 3.8) is 0 Å². The van der Waals surface area contributed by atoms with Gasteiger partial charge in [-0.3, -0.25) is 0 Å². The molecule has 12 fully saturated rings. The van der Waals surface area contributed by atoms with Crippen LogP contribution in [0.2, 0.25) is 0 Å². The predicted molar refractivity (Wildman–Crippen MR) is 74.9 cm³/mol. The molecule has 12 aliphatic rings. The number of alkyl halides is 1. The van der Waals surface area contributed by atoms with Gasteiger partial charge in [0.05, 0.1) is 4.87 Å². The quantitative estimate of drug-likeness (QED) is 0.603. The van der Waals surface area contributed by atoms with Gasteiger partial charge in [-0.2, -0.15) is 0 Å². The molecule has 0 aromatic rings. The van der Waals surface area contributed by atoms with Gasteiger partial charge in [0.1, 0.15) is 0 Å². The Bertz CT molecular complexity index is 611. The Hall–Kier alpha value is 0.290. The normalized spacial score (nSPS) is 107. The highest BCUT2D eigenvalue weighted by atomic mass is 35.5. The first kappa shape index (κ1) is 8.95. The molecule has 0 bridgehead atoms. The zero-order valence-corrected chi connectivity index (χ0v) is 12.6. The van der Waals surface area contributed by atoms with Gasteiger partial charge in [-0.25, -0.2) is 0 Å². The maximum atomic E-state index is 7.75. The lowest BCUT2D eigenvalue weighted by Crippen LogP contribution is -2.37. The van der Waals surface area contributed by atoms with Crippen LogP contribution in [0.15, 0.2) is 0 Å². The third kappa shape index (κ3) is 0.426. The minimum Gasteiger partial charge on any atom is -0.118 e. The third-order valence-corrected chi connectivity index (χ3v) is 14.1. The summed E-state index contributed by atoms with van der Waals surface area (Å²) in [7, 11) is 0. The average molecular weight is 295 g/mol. The van der Waals surface area contributed by atoms with E-state index in [2.05, 4.69) is 0 Å². The maximum absolute atomic E-state index is 7.75. The van der Waals surface area contributed by atoms with E-state index in [1.807, 2.05) is 0 Å². The van der Waals surface area contributed by atoms with Crippen molar-refractivity contribution in [3.05, 3.63) is 0 Å². The van der Waals surface area contributed by atoms with E-state index in [9.17, 15) is 0 Å². The number of hydrogen-bond acceptors (Lipinski definition) is 0. The molecule has 21 heavy (non-hydrogen) atoms. The number of rotatable bonds is 0. The van der Waals surface area contributed by atoms with Gasteiger partial charge in [0, 0.05) is 0 Å². The minimum absolute atomic E-state index is 0.373.